The summed E-state index contributed by atoms with van der Waals surface area (Å²) in [6.45, 7) is 7.24. The van der Waals surface area contributed by atoms with E-state index in [0.717, 1.165) is 23.7 Å². The lowest BCUT2D eigenvalue weighted by Crippen LogP contribution is -2.30. The van der Waals surface area contributed by atoms with Gasteiger partial charge in [0.15, 0.2) is 11.6 Å². The van der Waals surface area contributed by atoms with Gasteiger partial charge in [-0.15, -0.1) is 4.33 Å². The molecule has 4 rings (SSSR count). The molecule has 0 unspecified atom stereocenters. The van der Waals surface area contributed by atoms with E-state index in [2.05, 4.69) is 9.37 Å². The average Bonchev–Trinajstić information content (AvgIpc) is 3.27. The Hall–Kier alpha value is -3.17. The first-order valence-corrected chi connectivity index (χ1v) is 19.0. The van der Waals surface area contributed by atoms with E-state index in [0.29, 0.717) is 33.2 Å². The Bertz CT molecular complexity index is 2060. The zero-order valence-electron chi connectivity index (χ0n) is 25.5. The first-order valence-electron chi connectivity index (χ1n) is 13.6. The van der Waals surface area contributed by atoms with Crippen LogP contribution in [-0.4, -0.2) is 66.2 Å². The summed E-state index contributed by atoms with van der Waals surface area (Å²) in [6, 6.07) is 8.82. The van der Waals surface area contributed by atoms with Crippen molar-refractivity contribution in [1.29, 1.82) is 0 Å². The molecule has 0 bridgehead atoms. The number of allylic oxidation sites excluding steroid dienone is 8. The van der Waals surface area contributed by atoms with Gasteiger partial charge >= 0.3 is 10.1 Å². The molecule has 254 valence electrons. The fourth-order valence-corrected chi connectivity index (χ4v) is 7.78. The molecule has 2 aromatic carbocycles. The van der Waals surface area contributed by atoms with Gasteiger partial charge in [0.25, 0.3) is 26.1 Å². The van der Waals surface area contributed by atoms with E-state index in [-0.39, 0.29) is 4.90 Å². The molecular formula is C29H33N2O12S4+. The van der Waals surface area contributed by atoms with E-state index >= 15 is 0 Å². The maximum atomic E-state index is 11.9. The smallest absolute Gasteiger partial charge is 0.326 e. The SMILES string of the molecule is CC1(C)C(=CC=CC=CC=CC2=[N+](CS(=O)(=O)O)c3ccc(SOOO)cc3C2(C)C)N(CS(=O)(=O)O)c2ccc(S(=O)(=O)O)cc21. The molecule has 2 aliphatic rings. The second kappa shape index (κ2) is 13.4. The monoisotopic (exact) mass is 729 g/mol. The summed E-state index contributed by atoms with van der Waals surface area (Å²) in [5.74, 6) is -1.47. The Balaban J connectivity index is 1.62. The highest BCUT2D eigenvalue weighted by Gasteiger charge is 2.46. The van der Waals surface area contributed by atoms with Gasteiger partial charge < -0.3 is 4.90 Å². The van der Waals surface area contributed by atoms with E-state index in [1.807, 2.05) is 13.8 Å². The van der Waals surface area contributed by atoms with Gasteiger partial charge in [0.05, 0.1) is 22.4 Å². The number of nitrogens with zero attached hydrogens (tertiary/aromatic N) is 2. The number of hydrogen-bond acceptors (Lipinski definition) is 11. The van der Waals surface area contributed by atoms with Gasteiger partial charge in [-0.05, 0) is 55.8 Å². The highest BCUT2D eigenvalue weighted by atomic mass is 32.2. The molecule has 18 heteroatoms. The zero-order valence-corrected chi connectivity index (χ0v) is 28.8. The molecule has 14 nitrogen and oxygen atoms in total. The minimum absolute atomic E-state index is 0.352. The van der Waals surface area contributed by atoms with Crippen LogP contribution in [0.2, 0.25) is 0 Å². The molecule has 0 saturated carbocycles. The van der Waals surface area contributed by atoms with Crippen LogP contribution in [0.25, 0.3) is 0 Å². The summed E-state index contributed by atoms with van der Waals surface area (Å²) in [4.78, 5) is 1.57. The first-order chi connectivity index (χ1) is 21.7. The predicted octanol–water partition coefficient (Wildman–Crippen LogP) is 4.78. The Morgan fingerprint density at radius 2 is 1.49 bits per heavy atom. The summed E-state index contributed by atoms with van der Waals surface area (Å²) in [5, 5.41) is 12.1. The standard InChI is InChI=1S/C29H32N2O12S4/c1-28(2)22-16-20(44-43-42-32)12-14-24(22)30(18-45(33,34)35)26(28)10-8-6-5-7-9-11-27-29(3,4)23-17-21(47(39,40)41)13-15-25(23)31(27)19-46(36,37)38/h5-17H,18-19H2,1-4H3,(H3-,32,33,34,35,36,37,38,39,40,41)/p+1. The molecule has 0 aromatic heterocycles. The van der Waals surface area contributed by atoms with Crippen molar-refractivity contribution in [2.45, 2.75) is 48.3 Å². The molecule has 0 saturated heterocycles. The van der Waals surface area contributed by atoms with Crippen LogP contribution in [0.4, 0.5) is 11.4 Å². The lowest BCUT2D eigenvalue weighted by Gasteiger charge is -2.25. The van der Waals surface area contributed by atoms with Crippen LogP contribution < -0.4 is 4.90 Å². The lowest BCUT2D eigenvalue weighted by molar-refractivity contribution is -0.432. The molecule has 0 fully saturated rings. The summed E-state index contributed by atoms with van der Waals surface area (Å²) in [5.41, 5.74) is 1.45. The Kier molecular flexibility index (Phi) is 10.4. The fourth-order valence-electron chi connectivity index (χ4n) is 5.67. The van der Waals surface area contributed by atoms with Crippen molar-refractivity contribution in [3.63, 3.8) is 0 Å². The number of rotatable bonds is 12. The van der Waals surface area contributed by atoms with Gasteiger partial charge in [-0.1, -0.05) is 49.3 Å². The Morgan fingerprint density at radius 3 is 2.11 bits per heavy atom. The van der Waals surface area contributed by atoms with Gasteiger partial charge in [-0.25, -0.2) is 5.26 Å². The van der Waals surface area contributed by atoms with Gasteiger partial charge in [-0.3, -0.25) is 13.7 Å². The van der Waals surface area contributed by atoms with Crippen LogP contribution in [0.1, 0.15) is 38.8 Å². The molecule has 2 aliphatic heterocycles. The molecular weight excluding hydrogens is 697 g/mol. The third kappa shape index (κ3) is 8.29. The van der Waals surface area contributed by atoms with Crippen molar-refractivity contribution >= 4 is 59.5 Å². The maximum absolute atomic E-state index is 11.9. The second-order valence-electron chi connectivity index (χ2n) is 11.7. The van der Waals surface area contributed by atoms with Crippen molar-refractivity contribution in [2.24, 2.45) is 0 Å². The molecule has 0 amide bonds. The quantitative estimate of drug-likeness (QED) is 0.0579. The molecule has 0 spiro atoms. The van der Waals surface area contributed by atoms with Crippen LogP contribution in [0.15, 0.2) is 94.4 Å². The van der Waals surface area contributed by atoms with Gasteiger partial charge in [0.2, 0.25) is 5.69 Å². The third-order valence-electron chi connectivity index (χ3n) is 7.72. The summed E-state index contributed by atoms with van der Waals surface area (Å²) in [7, 11) is -13.4. The van der Waals surface area contributed by atoms with Crippen molar-refractivity contribution in [1.82, 2.24) is 0 Å². The Labute approximate surface area is 277 Å². The van der Waals surface area contributed by atoms with Crippen LogP contribution in [0.3, 0.4) is 0 Å². The predicted molar refractivity (Wildman–Crippen MR) is 175 cm³/mol. The van der Waals surface area contributed by atoms with Crippen molar-refractivity contribution in [3.8, 4) is 0 Å². The van der Waals surface area contributed by atoms with E-state index in [9.17, 15) is 38.9 Å². The Morgan fingerprint density at radius 1 is 0.830 bits per heavy atom. The topological polar surface area (TPSA) is 208 Å². The molecule has 47 heavy (non-hydrogen) atoms. The van der Waals surface area contributed by atoms with Crippen molar-refractivity contribution in [3.05, 3.63) is 95.8 Å². The fraction of sp³-hybridized carbons (Fsp3) is 0.276. The first kappa shape index (κ1) is 36.7. The van der Waals surface area contributed by atoms with Crippen LogP contribution in [0, 0.1) is 0 Å². The van der Waals surface area contributed by atoms with Gasteiger partial charge in [0.1, 0.15) is 0 Å². The second-order valence-corrected chi connectivity index (χ2v) is 16.7. The number of anilines is 1. The lowest BCUT2D eigenvalue weighted by atomic mass is 9.81. The average molecular weight is 730 g/mol. The molecule has 2 heterocycles. The zero-order chi connectivity index (χ0) is 35.0. The minimum atomic E-state index is -4.52. The van der Waals surface area contributed by atoms with Crippen LogP contribution in [0.5, 0.6) is 0 Å². The summed E-state index contributed by atoms with van der Waals surface area (Å²) < 4.78 is 106. The van der Waals surface area contributed by atoms with Crippen LogP contribution in [-0.2, 0) is 50.6 Å². The van der Waals surface area contributed by atoms with Gasteiger partial charge in [-0.2, -0.15) is 29.8 Å². The largest absolute Gasteiger partial charge is 0.327 e. The van der Waals surface area contributed by atoms with E-state index in [1.54, 1.807) is 74.6 Å². The van der Waals surface area contributed by atoms with Crippen LogP contribution >= 0.6 is 12.0 Å². The minimum Gasteiger partial charge on any atom is -0.327 e. The highest BCUT2D eigenvalue weighted by molar-refractivity contribution is 7.94. The summed E-state index contributed by atoms with van der Waals surface area (Å²) in [6.07, 6.45) is 11.6. The number of benzene rings is 2. The van der Waals surface area contributed by atoms with Gasteiger partial charge in [0, 0.05) is 39.4 Å². The normalized spacial score (nSPS) is 18.7. The number of fused-ring (bicyclic) bond motifs is 2. The third-order valence-corrected chi connectivity index (χ3v) is 10.3. The maximum Gasteiger partial charge on any atom is 0.326 e. The molecule has 0 aliphatic carbocycles. The summed E-state index contributed by atoms with van der Waals surface area (Å²) >= 11 is 0.753. The molecule has 2 aromatic rings. The van der Waals surface area contributed by atoms with Crippen molar-refractivity contribution in [2.75, 3.05) is 16.7 Å². The number of hydrogen-bond donors (Lipinski definition) is 4. The van der Waals surface area contributed by atoms with Crippen molar-refractivity contribution < 1.29 is 58.1 Å². The van der Waals surface area contributed by atoms with E-state index in [1.165, 1.54) is 21.6 Å². The molecule has 0 radical (unpaired) electrons. The van der Waals surface area contributed by atoms with E-state index < -0.39 is 52.9 Å². The molecule has 4 N–H and O–H groups in total. The highest BCUT2D eigenvalue weighted by Crippen LogP contribution is 2.48. The molecule has 0 atom stereocenters. The van der Waals surface area contributed by atoms with E-state index in [4.69, 9.17) is 5.26 Å².